The monoisotopic (exact) mass is 507 g/mol. The molecule has 0 saturated carbocycles. The maximum Gasteiger partial charge on any atom is 0.270 e. The van der Waals surface area contributed by atoms with Crippen LogP contribution < -0.4 is 9.80 Å². The number of para-hydroxylation sites is 1. The summed E-state index contributed by atoms with van der Waals surface area (Å²) < 4.78 is 0. The van der Waals surface area contributed by atoms with Gasteiger partial charge in [-0.3, -0.25) is 29.3 Å². The van der Waals surface area contributed by atoms with Gasteiger partial charge in [0.05, 0.1) is 28.5 Å². The van der Waals surface area contributed by atoms with E-state index >= 15 is 0 Å². The Morgan fingerprint density at radius 2 is 1.58 bits per heavy atom. The Morgan fingerprint density at radius 1 is 0.868 bits per heavy atom. The number of nitro groups is 1. The first kappa shape index (κ1) is 23.5. The maximum atomic E-state index is 14.0. The van der Waals surface area contributed by atoms with Crippen LogP contribution in [0.1, 0.15) is 33.2 Å². The molecule has 3 aromatic carbocycles. The van der Waals surface area contributed by atoms with E-state index in [4.69, 9.17) is 0 Å². The van der Waals surface area contributed by atoms with Crippen LogP contribution in [0.15, 0.2) is 78.9 Å². The Hall–Kier alpha value is -4.92. The number of rotatable bonds is 5. The third-order valence-electron chi connectivity index (χ3n) is 7.56. The zero-order valence-electron chi connectivity index (χ0n) is 20.2. The van der Waals surface area contributed by atoms with Crippen LogP contribution in [-0.2, 0) is 9.59 Å². The fourth-order valence-electron chi connectivity index (χ4n) is 5.86. The van der Waals surface area contributed by atoms with Crippen LogP contribution in [-0.4, -0.2) is 40.4 Å². The van der Waals surface area contributed by atoms with Crippen molar-refractivity contribution < 1.29 is 24.1 Å². The number of fused-ring (bicyclic) bond motifs is 5. The number of nitro benzene ring substituents is 1. The number of carbonyl (C=O) groups excluding carboxylic acids is 4. The second-order valence-corrected chi connectivity index (χ2v) is 9.60. The summed E-state index contributed by atoms with van der Waals surface area (Å²) in [6.07, 6.45) is 3.73. The van der Waals surface area contributed by atoms with Crippen LogP contribution in [0.3, 0.4) is 0 Å². The number of non-ortho nitro benzene ring substituents is 1. The third-order valence-corrected chi connectivity index (χ3v) is 7.56. The Balaban J connectivity index is 1.47. The Bertz CT molecular complexity index is 1580. The molecule has 38 heavy (non-hydrogen) atoms. The molecular formula is C29H21N3O6. The van der Waals surface area contributed by atoms with Gasteiger partial charge in [0.15, 0.2) is 11.6 Å². The summed E-state index contributed by atoms with van der Waals surface area (Å²) in [6, 6.07) is 17.5. The second-order valence-electron chi connectivity index (χ2n) is 9.60. The fraction of sp³-hybridized carbons (Fsp3) is 0.172. The number of carbonyl (C=O) groups is 4. The lowest BCUT2D eigenvalue weighted by atomic mass is 9.86. The molecule has 2 amide bonds. The van der Waals surface area contributed by atoms with Crippen LogP contribution in [0.2, 0.25) is 0 Å². The first-order valence-electron chi connectivity index (χ1n) is 12.1. The van der Waals surface area contributed by atoms with Gasteiger partial charge in [-0.2, -0.15) is 0 Å². The number of anilines is 2. The SMILES string of the molecule is CC(=O)c1ccc(N2C(=O)[C@@H]3[C@@H](C2=O)[C@@H]2C=Cc4ccccc4N2[C@@H]3C(=O)c2cccc([N+](=O)[O-])c2)cc1. The van der Waals surface area contributed by atoms with Gasteiger partial charge >= 0.3 is 0 Å². The van der Waals surface area contributed by atoms with E-state index in [1.54, 1.807) is 24.3 Å². The molecule has 0 aromatic heterocycles. The summed E-state index contributed by atoms with van der Waals surface area (Å²) in [5.41, 5.74) is 2.20. The largest absolute Gasteiger partial charge is 0.352 e. The Labute approximate surface area is 217 Å². The van der Waals surface area contributed by atoms with Crippen molar-refractivity contribution in [3.8, 4) is 0 Å². The van der Waals surface area contributed by atoms with Crippen molar-refractivity contribution in [1.29, 1.82) is 0 Å². The molecule has 0 spiro atoms. The van der Waals surface area contributed by atoms with Gasteiger partial charge < -0.3 is 4.90 Å². The first-order valence-corrected chi connectivity index (χ1v) is 12.1. The smallest absolute Gasteiger partial charge is 0.270 e. The van der Waals surface area contributed by atoms with E-state index in [0.717, 1.165) is 16.2 Å². The summed E-state index contributed by atoms with van der Waals surface area (Å²) in [5, 5.41) is 11.4. The highest BCUT2D eigenvalue weighted by Gasteiger charge is 2.64. The standard InChI is InChI=1S/C29H21N3O6/c1-16(33)17-9-12-20(13-10-17)30-28(35)24-23-14-11-18-5-2-3-8-22(18)31(23)26(25(24)29(30)36)27(34)19-6-4-7-21(15-19)32(37)38/h2-15,23-26H,1H3/t23-,24-,25+,26-/m0/s1. The number of hydrogen-bond acceptors (Lipinski definition) is 7. The topological polar surface area (TPSA) is 118 Å². The number of Topliss-reactive ketones (excluding diaryl/α,β-unsaturated/α-hetero) is 2. The van der Waals surface area contributed by atoms with E-state index < -0.39 is 46.4 Å². The summed E-state index contributed by atoms with van der Waals surface area (Å²) >= 11 is 0. The number of nitrogens with zero attached hydrogens (tertiary/aromatic N) is 3. The first-order chi connectivity index (χ1) is 18.3. The van der Waals surface area contributed by atoms with E-state index in [2.05, 4.69) is 0 Å². The van der Waals surface area contributed by atoms with Gasteiger partial charge in [0.25, 0.3) is 5.69 Å². The zero-order valence-corrected chi connectivity index (χ0v) is 20.2. The van der Waals surface area contributed by atoms with Crippen molar-refractivity contribution in [2.24, 2.45) is 11.8 Å². The summed E-state index contributed by atoms with van der Waals surface area (Å²) in [7, 11) is 0. The molecule has 3 heterocycles. The molecule has 0 N–H and O–H groups in total. The lowest BCUT2D eigenvalue weighted by molar-refractivity contribution is -0.384. The number of ketones is 2. The van der Waals surface area contributed by atoms with Gasteiger partial charge in [-0.1, -0.05) is 42.5 Å². The van der Waals surface area contributed by atoms with Crippen molar-refractivity contribution in [3.05, 3.63) is 106 Å². The zero-order chi connectivity index (χ0) is 26.7. The number of imide groups is 1. The van der Waals surface area contributed by atoms with Crippen LogP contribution in [0.5, 0.6) is 0 Å². The van der Waals surface area contributed by atoms with E-state index in [1.165, 1.54) is 31.2 Å². The number of hydrogen-bond donors (Lipinski definition) is 0. The molecule has 0 aliphatic carbocycles. The molecule has 0 bridgehead atoms. The molecule has 0 unspecified atom stereocenters. The minimum atomic E-state index is -1.05. The average molecular weight is 508 g/mol. The van der Waals surface area contributed by atoms with Gasteiger partial charge in [-0.15, -0.1) is 0 Å². The molecule has 3 aromatic rings. The molecule has 3 aliphatic rings. The molecule has 9 heteroatoms. The normalized spacial score (nSPS) is 23.2. The van der Waals surface area contributed by atoms with E-state index in [0.29, 0.717) is 11.3 Å². The molecule has 3 aliphatic heterocycles. The van der Waals surface area contributed by atoms with Crippen LogP contribution in [0.25, 0.3) is 6.08 Å². The molecule has 9 nitrogen and oxygen atoms in total. The van der Waals surface area contributed by atoms with Crippen molar-refractivity contribution in [2.75, 3.05) is 9.80 Å². The summed E-state index contributed by atoms with van der Waals surface area (Å²) in [4.78, 5) is 67.2. The Kier molecular flexibility index (Phi) is 5.30. The summed E-state index contributed by atoms with van der Waals surface area (Å²) in [6.45, 7) is 1.43. The molecule has 6 rings (SSSR count). The number of amides is 2. The number of benzene rings is 3. The van der Waals surface area contributed by atoms with E-state index in [-0.39, 0.29) is 17.0 Å². The van der Waals surface area contributed by atoms with Crippen molar-refractivity contribution in [1.82, 2.24) is 0 Å². The van der Waals surface area contributed by atoms with Crippen molar-refractivity contribution >= 4 is 46.5 Å². The molecule has 2 fully saturated rings. The van der Waals surface area contributed by atoms with Gasteiger partial charge in [0.1, 0.15) is 6.04 Å². The van der Waals surface area contributed by atoms with Crippen LogP contribution in [0.4, 0.5) is 17.1 Å². The maximum absolute atomic E-state index is 14.0. The van der Waals surface area contributed by atoms with Crippen LogP contribution >= 0.6 is 0 Å². The predicted octanol–water partition coefficient (Wildman–Crippen LogP) is 4.07. The van der Waals surface area contributed by atoms with E-state index in [9.17, 15) is 29.3 Å². The van der Waals surface area contributed by atoms with Gasteiger partial charge in [0.2, 0.25) is 11.8 Å². The van der Waals surface area contributed by atoms with Crippen molar-refractivity contribution in [2.45, 2.75) is 19.0 Å². The Morgan fingerprint density at radius 3 is 2.29 bits per heavy atom. The average Bonchev–Trinajstić information content (AvgIpc) is 3.40. The van der Waals surface area contributed by atoms with Gasteiger partial charge in [-0.25, -0.2) is 4.90 Å². The second kappa shape index (κ2) is 8.58. The molecule has 0 radical (unpaired) electrons. The van der Waals surface area contributed by atoms with Crippen molar-refractivity contribution in [3.63, 3.8) is 0 Å². The van der Waals surface area contributed by atoms with E-state index in [1.807, 2.05) is 41.3 Å². The van der Waals surface area contributed by atoms with Crippen LogP contribution in [0, 0.1) is 22.0 Å². The highest BCUT2D eigenvalue weighted by molar-refractivity contribution is 6.25. The molecule has 188 valence electrons. The highest BCUT2D eigenvalue weighted by atomic mass is 16.6. The lowest BCUT2D eigenvalue weighted by Crippen LogP contribution is -2.48. The molecule has 2 saturated heterocycles. The third kappa shape index (κ3) is 3.39. The quantitative estimate of drug-likeness (QED) is 0.221. The predicted molar refractivity (Wildman–Crippen MR) is 139 cm³/mol. The molecule has 4 atom stereocenters. The minimum absolute atomic E-state index is 0.0974. The van der Waals surface area contributed by atoms with Gasteiger partial charge in [0, 0.05) is 28.9 Å². The minimum Gasteiger partial charge on any atom is -0.352 e. The van der Waals surface area contributed by atoms with Gasteiger partial charge in [-0.05, 0) is 42.8 Å². The summed E-state index contributed by atoms with van der Waals surface area (Å²) in [5.74, 6) is -3.37. The highest BCUT2D eigenvalue weighted by Crippen LogP contribution is 2.49. The lowest BCUT2D eigenvalue weighted by Gasteiger charge is -2.36. The fourth-order valence-corrected chi connectivity index (χ4v) is 5.86. The molecular weight excluding hydrogens is 486 g/mol.